The summed E-state index contributed by atoms with van der Waals surface area (Å²) in [7, 11) is 0. The van der Waals surface area contributed by atoms with Crippen molar-refractivity contribution in [2.24, 2.45) is 0 Å². The van der Waals surface area contributed by atoms with Crippen LogP contribution >= 0.6 is 11.3 Å². The van der Waals surface area contributed by atoms with Gasteiger partial charge < -0.3 is 4.52 Å². The molecular weight excluding hydrogens is 276 g/mol. The van der Waals surface area contributed by atoms with Crippen molar-refractivity contribution in [1.29, 1.82) is 0 Å². The van der Waals surface area contributed by atoms with E-state index in [-0.39, 0.29) is 5.69 Å². The molecule has 0 unspecified atom stereocenters. The van der Waals surface area contributed by atoms with E-state index in [4.69, 9.17) is 4.52 Å². The van der Waals surface area contributed by atoms with Crippen molar-refractivity contribution in [3.8, 4) is 0 Å². The van der Waals surface area contributed by atoms with E-state index in [0.29, 0.717) is 18.8 Å². The Morgan fingerprint density at radius 3 is 2.95 bits per heavy atom. The highest BCUT2D eigenvalue weighted by atomic mass is 32.1. The van der Waals surface area contributed by atoms with Crippen molar-refractivity contribution in [1.82, 2.24) is 19.9 Å². The quantitative estimate of drug-likeness (QED) is 0.796. The number of H-pyrrole nitrogens is 1. The van der Waals surface area contributed by atoms with Gasteiger partial charge >= 0.3 is 5.69 Å². The van der Waals surface area contributed by atoms with Crippen LogP contribution in [0, 0.1) is 13.8 Å². The third kappa shape index (κ3) is 2.32. The fraction of sp³-hybridized carbons (Fsp3) is 0.308. The fourth-order valence-electron chi connectivity index (χ4n) is 2.12. The zero-order valence-electron chi connectivity index (χ0n) is 11.2. The molecule has 3 aromatic rings. The molecule has 3 aromatic heterocycles. The first kappa shape index (κ1) is 12.9. The molecule has 0 amide bonds. The van der Waals surface area contributed by atoms with Crippen molar-refractivity contribution in [2.75, 3.05) is 0 Å². The van der Waals surface area contributed by atoms with Gasteiger partial charge in [-0.2, -0.15) is 5.10 Å². The molecule has 0 radical (unpaired) electrons. The zero-order valence-corrected chi connectivity index (χ0v) is 12.0. The number of hydrogen-bond donors (Lipinski definition) is 1. The lowest BCUT2D eigenvalue weighted by atomic mass is 10.1. The monoisotopic (exact) mass is 290 g/mol. The Bertz CT molecular complexity index is 747. The molecule has 0 saturated carbocycles. The maximum absolute atomic E-state index is 11.9. The SMILES string of the molecule is Cc1noc(C)c1Cc1n[nH]c(=O)n1Cc1cccs1. The van der Waals surface area contributed by atoms with Gasteiger partial charge in [-0.15, -0.1) is 11.3 Å². The highest BCUT2D eigenvalue weighted by Crippen LogP contribution is 2.17. The molecule has 0 saturated heterocycles. The van der Waals surface area contributed by atoms with Gasteiger partial charge in [0.05, 0.1) is 12.2 Å². The highest BCUT2D eigenvalue weighted by molar-refractivity contribution is 7.09. The summed E-state index contributed by atoms with van der Waals surface area (Å²) < 4.78 is 6.80. The second kappa shape index (κ2) is 5.09. The normalized spacial score (nSPS) is 11.1. The molecule has 0 fully saturated rings. The van der Waals surface area contributed by atoms with Crippen LogP contribution in [0.3, 0.4) is 0 Å². The lowest BCUT2D eigenvalue weighted by Crippen LogP contribution is -2.19. The summed E-state index contributed by atoms with van der Waals surface area (Å²) >= 11 is 1.62. The van der Waals surface area contributed by atoms with Gasteiger partial charge in [-0.3, -0.25) is 4.57 Å². The summed E-state index contributed by atoms with van der Waals surface area (Å²) in [5, 5.41) is 12.5. The first-order valence-corrected chi connectivity index (χ1v) is 7.11. The number of nitrogens with one attached hydrogen (secondary N) is 1. The number of aromatic amines is 1. The van der Waals surface area contributed by atoms with Gasteiger partial charge in [-0.1, -0.05) is 11.2 Å². The van der Waals surface area contributed by atoms with Gasteiger partial charge in [0, 0.05) is 16.9 Å². The molecule has 104 valence electrons. The first-order valence-electron chi connectivity index (χ1n) is 6.23. The molecule has 0 aliphatic carbocycles. The molecule has 0 atom stereocenters. The predicted octanol–water partition coefficient (Wildman–Crippen LogP) is 1.88. The topological polar surface area (TPSA) is 76.7 Å². The lowest BCUT2D eigenvalue weighted by Gasteiger charge is -2.04. The van der Waals surface area contributed by atoms with Crippen molar-refractivity contribution in [3.63, 3.8) is 0 Å². The summed E-state index contributed by atoms with van der Waals surface area (Å²) in [5.74, 6) is 1.46. The molecule has 0 aliphatic heterocycles. The van der Waals surface area contributed by atoms with E-state index in [0.717, 1.165) is 21.9 Å². The second-order valence-corrected chi connectivity index (χ2v) is 5.62. The van der Waals surface area contributed by atoms with Crippen molar-refractivity contribution in [2.45, 2.75) is 26.8 Å². The van der Waals surface area contributed by atoms with Crippen molar-refractivity contribution in [3.05, 3.63) is 55.7 Å². The Balaban J connectivity index is 1.93. The summed E-state index contributed by atoms with van der Waals surface area (Å²) in [6.07, 6.45) is 0.533. The average Bonchev–Trinajstić information content (AvgIpc) is 3.12. The van der Waals surface area contributed by atoms with Gasteiger partial charge in [0.15, 0.2) is 0 Å². The molecule has 1 N–H and O–H groups in total. The molecule has 0 bridgehead atoms. The van der Waals surface area contributed by atoms with E-state index in [1.165, 1.54) is 0 Å². The standard InChI is InChI=1S/C13H14N4O2S/c1-8-11(9(2)19-16-8)6-12-14-15-13(18)17(12)7-10-4-3-5-20-10/h3-5H,6-7H2,1-2H3,(H,15,18). The van der Waals surface area contributed by atoms with Gasteiger partial charge in [0.25, 0.3) is 0 Å². The molecule has 3 rings (SSSR count). The van der Waals surface area contributed by atoms with Gasteiger partial charge in [-0.25, -0.2) is 9.89 Å². The Labute approximate surface area is 119 Å². The summed E-state index contributed by atoms with van der Waals surface area (Å²) in [5.41, 5.74) is 1.62. The minimum Gasteiger partial charge on any atom is -0.361 e. The number of thiophene rings is 1. The predicted molar refractivity (Wildman–Crippen MR) is 75.1 cm³/mol. The minimum absolute atomic E-state index is 0.194. The molecule has 6 nitrogen and oxygen atoms in total. The maximum Gasteiger partial charge on any atom is 0.343 e. The van der Waals surface area contributed by atoms with Gasteiger partial charge in [0.2, 0.25) is 0 Å². The smallest absolute Gasteiger partial charge is 0.343 e. The van der Waals surface area contributed by atoms with E-state index < -0.39 is 0 Å². The third-order valence-electron chi connectivity index (χ3n) is 3.25. The van der Waals surface area contributed by atoms with E-state index in [9.17, 15) is 4.79 Å². The van der Waals surface area contributed by atoms with Crippen LogP contribution in [0.2, 0.25) is 0 Å². The molecule has 0 spiro atoms. The number of aryl methyl sites for hydroxylation is 2. The molecule has 0 aromatic carbocycles. The van der Waals surface area contributed by atoms with Crippen LogP contribution in [0.1, 0.15) is 27.7 Å². The first-order chi connectivity index (χ1) is 9.65. The number of rotatable bonds is 4. The van der Waals surface area contributed by atoms with Crippen LogP contribution in [0.25, 0.3) is 0 Å². The molecule has 0 aliphatic rings. The molecule has 3 heterocycles. The van der Waals surface area contributed by atoms with Crippen LogP contribution in [-0.2, 0) is 13.0 Å². The third-order valence-corrected chi connectivity index (χ3v) is 4.11. The fourth-order valence-corrected chi connectivity index (χ4v) is 2.81. The Hall–Kier alpha value is -2.15. The zero-order chi connectivity index (χ0) is 14.1. The number of hydrogen-bond acceptors (Lipinski definition) is 5. The van der Waals surface area contributed by atoms with Gasteiger partial charge in [-0.05, 0) is 25.3 Å². The van der Waals surface area contributed by atoms with E-state index >= 15 is 0 Å². The van der Waals surface area contributed by atoms with E-state index in [1.54, 1.807) is 15.9 Å². The Morgan fingerprint density at radius 1 is 1.45 bits per heavy atom. The van der Waals surface area contributed by atoms with Crippen LogP contribution in [0.4, 0.5) is 0 Å². The minimum atomic E-state index is -0.194. The average molecular weight is 290 g/mol. The number of nitrogens with zero attached hydrogens (tertiary/aromatic N) is 3. The Morgan fingerprint density at radius 2 is 2.30 bits per heavy atom. The molecular formula is C13H14N4O2S. The van der Waals surface area contributed by atoms with Crippen LogP contribution in [0.15, 0.2) is 26.8 Å². The largest absolute Gasteiger partial charge is 0.361 e. The van der Waals surface area contributed by atoms with E-state index in [1.807, 2.05) is 31.4 Å². The second-order valence-electron chi connectivity index (χ2n) is 4.59. The van der Waals surface area contributed by atoms with Crippen LogP contribution in [0.5, 0.6) is 0 Å². The van der Waals surface area contributed by atoms with Crippen LogP contribution in [-0.4, -0.2) is 19.9 Å². The summed E-state index contributed by atoms with van der Waals surface area (Å²) in [6, 6.07) is 3.98. The molecule has 7 heteroatoms. The molecule has 20 heavy (non-hydrogen) atoms. The lowest BCUT2D eigenvalue weighted by molar-refractivity contribution is 0.392. The number of aromatic nitrogens is 4. The van der Waals surface area contributed by atoms with Crippen LogP contribution < -0.4 is 5.69 Å². The highest BCUT2D eigenvalue weighted by Gasteiger charge is 2.15. The maximum atomic E-state index is 11.9. The van der Waals surface area contributed by atoms with E-state index in [2.05, 4.69) is 15.4 Å². The van der Waals surface area contributed by atoms with Gasteiger partial charge in [0.1, 0.15) is 11.6 Å². The Kier molecular flexibility index (Phi) is 3.27. The van der Waals surface area contributed by atoms with Crippen molar-refractivity contribution >= 4 is 11.3 Å². The van der Waals surface area contributed by atoms with Crippen molar-refractivity contribution < 1.29 is 4.52 Å². The summed E-state index contributed by atoms with van der Waals surface area (Å²) in [6.45, 7) is 4.29. The summed E-state index contributed by atoms with van der Waals surface area (Å²) in [4.78, 5) is 13.0.